The number of rotatable bonds is 2. The lowest BCUT2D eigenvalue weighted by atomic mass is 10.2. The van der Waals surface area contributed by atoms with E-state index < -0.39 is 6.04 Å². The molecule has 0 aromatic carbocycles. The number of aromatic nitrogens is 2. The van der Waals surface area contributed by atoms with E-state index in [1.807, 2.05) is 0 Å². The van der Waals surface area contributed by atoms with Crippen LogP contribution in [0.5, 0.6) is 0 Å². The summed E-state index contributed by atoms with van der Waals surface area (Å²) in [6.45, 7) is 1.65. The average molecular weight is 153 g/mol. The summed E-state index contributed by atoms with van der Waals surface area (Å²) in [7, 11) is 1.77. The van der Waals surface area contributed by atoms with Gasteiger partial charge in [0.25, 0.3) is 0 Å². The molecule has 0 saturated carbocycles. The van der Waals surface area contributed by atoms with Crippen LogP contribution in [0, 0.1) is 0 Å². The van der Waals surface area contributed by atoms with Crippen LogP contribution in [-0.2, 0) is 7.05 Å². The molecule has 1 unspecified atom stereocenters. The van der Waals surface area contributed by atoms with Crippen molar-refractivity contribution in [3.8, 4) is 0 Å². The van der Waals surface area contributed by atoms with E-state index in [4.69, 9.17) is 5.73 Å². The third kappa shape index (κ3) is 1.46. The lowest BCUT2D eigenvalue weighted by molar-refractivity contribution is 0.0955. The summed E-state index contributed by atoms with van der Waals surface area (Å²) >= 11 is 0. The zero-order valence-corrected chi connectivity index (χ0v) is 6.61. The Morgan fingerprint density at radius 2 is 2.45 bits per heavy atom. The van der Waals surface area contributed by atoms with E-state index in [-0.39, 0.29) is 5.78 Å². The number of hydrogen-bond donors (Lipinski definition) is 1. The monoisotopic (exact) mass is 153 g/mol. The van der Waals surface area contributed by atoms with Crippen LogP contribution in [-0.4, -0.2) is 21.4 Å². The van der Waals surface area contributed by atoms with Crippen LogP contribution in [0.25, 0.3) is 0 Å². The quantitative estimate of drug-likeness (QED) is 0.606. The van der Waals surface area contributed by atoms with E-state index >= 15 is 0 Å². The lowest BCUT2D eigenvalue weighted by Gasteiger charge is -2.02. The molecule has 4 heteroatoms. The molecule has 1 atom stereocenters. The summed E-state index contributed by atoms with van der Waals surface area (Å²) in [5.74, 6) is 0.289. The minimum absolute atomic E-state index is 0.127. The van der Waals surface area contributed by atoms with E-state index in [0.717, 1.165) is 0 Å². The van der Waals surface area contributed by atoms with Crippen molar-refractivity contribution in [3.63, 3.8) is 0 Å². The summed E-state index contributed by atoms with van der Waals surface area (Å²) in [6, 6.07) is -0.476. The topological polar surface area (TPSA) is 60.9 Å². The predicted octanol–water partition coefficient (Wildman–Crippen LogP) is -0.0500. The molecule has 0 fully saturated rings. The van der Waals surface area contributed by atoms with Crippen molar-refractivity contribution in [1.29, 1.82) is 0 Å². The molecule has 0 bridgehead atoms. The van der Waals surface area contributed by atoms with E-state index in [1.165, 1.54) is 0 Å². The molecule has 11 heavy (non-hydrogen) atoms. The number of nitrogens with two attached hydrogens (primary N) is 1. The van der Waals surface area contributed by atoms with Crippen LogP contribution >= 0.6 is 0 Å². The summed E-state index contributed by atoms with van der Waals surface area (Å²) in [5, 5.41) is 0. The molecule has 0 aliphatic heterocycles. The van der Waals surface area contributed by atoms with Gasteiger partial charge in [-0.25, -0.2) is 4.98 Å². The molecule has 0 radical (unpaired) electrons. The second-order valence-corrected chi connectivity index (χ2v) is 2.51. The molecule has 0 spiro atoms. The lowest BCUT2D eigenvalue weighted by Crippen LogP contribution is -2.28. The molecule has 0 amide bonds. The first-order chi connectivity index (χ1) is 5.13. The molecule has 0 aliphatic carbocycles. The van der Waals surface area contributed by atoms with Gasteiger partial charge in [-0.15, -0.1) is 0 Å². The molecule has 1 heterocycles. The smallest absolute Gasteiger partial charge is 0.214 e. The Bertz CT molecular complexity index is 264. The van der Waals surface area contributed by atoms with Gasteiger partial charge in [-0.3, -0.25) is 4.79 Å². The van der Waals surface area contributed by atoms with E-state index in [0.29, 0.717) is 5.82 Å². The van der Waals surface area contributed by atoms with Gasteiger partial charge >= 0.3 is 0 Å². The van der Waals surface area contributed by atoms with Gasteiger partial charge in [-0.2, -0.15) is 0 Å². The highest BCUT2D eigenvalue weighted by atomic mass is 16.1. The minimum Gasteiger partial charge on any atom is -0.332 e. The summed E-state index contributed by atoms with van der Waals surface area (Å²) in [6.07, 6.45) is 3.30. The third-order valence-corrected chi connectivity index (χ3v) is 1.46. The maximum atomic E-state index is 11.2. The average Bonchev–Trinajstić information content (AvgIpc) is 2.33. The fourth-order valence-electron chi connectivity index (χ4n) is 0.807. The van der Waals surface area contributed by atoms with Gasteiger partial charge in [0.05, 0.1) is 6.04 Å². The van der Waals surface area contributed by atoms with Gasteiger partial charge in [0.15, 0.2) is 5.82 Å². The SMILES string of the molecule is CC(N)C(=O)c1nccn1C. The zero-order valence-electron chi connectivity index (χ0n) is 6.61. The number of aryl methyl sites for hydroxylation is 1. The number of nitrogens with zero attached hydrogens (tertiary/aromatic N) is 2. The molecule has 1 rings (SSSR count). The van der Waals surface area contributed by atoms with E-state index in [2.05, 4.69) is 4.98 Å². The highest BCUT2D eigenvalue weighted by Gasteiger charge is 2.14. The van der Waals surface area contributed by atoms with Crippen molar-refractivity contribution in [2.75, 3.05) is 0 Å². The molecular formula is C7H11N3O. The van der Waals surface area contributed by atoms with Crippen molar-refractivity contribution >= 4 is 5.78 Å². The number of carbonyl (C=O) groups excluding carboxylic acids is 1. The maximum Gasteiger partial charge on any atom is 0.214 e. The molecule has 1 aromatic rings. The van der Waals surface area contributed by atoms with Gasteiger partial charge in [0.2, 0.25) is 5.78 Å². The van der Waals surface area contributed by atoms with Crippen LogP contribution in [0.2, 0.25) is 0 Å². The summed E-state index contributed by atoms with van der Waals surface area (Å²) < 4.78 is 1.66. The zero-order chi connectivity index (χ0) is 8.43. The number of ketones is 1. The van der Waals surface area contributed by atoms with Crippen LogP contribution in [0.3, 0.4) is 0 Å². The van der Waals surface area contributed by atoms with Crippen molar-refractivity contribution in [2.24, 2.45) is 12.8 Å². The Labute approximate surface area is 65.0 Å². The molecule has 60 valence electrons. The van der Waals surface area contributed by atoms with Gasteiger partial charge in [0, 0.05) is 19.4 Å². The molecule has 2 N–H and O–H groups in total. The number of hydrogen-bond acceptors (Lipinski definition) is 3. The van der Waals surface area contributed by atoms with Crippen LogP contribution in [0.1, 0.15) is 17.5 Å². The Kier molecular flexibility index (Phi) is 2.05. The third-order valence-electron chi connectivity index (χ3n) is 1.46. The Hall–Kier alpha value is -1.16. The fraction of sp³-hybridized carbons (Fsp3) is 0.429. The van der Waals surface area contributed by atoms with Crippen molar-refractivity contribution in [1.82, 2.24) is 9.55 Å². The number of imidazole rings is 1. The first kappa shape index (κ1) is 7.94. The van der Waals surface area contributed by atoms with E-state index in [1.54, 1.807) is 30.9 Å². The number of carbonyl (C=O) groups is 1. The first-order valence-corrected chi connectivity index (χ1v) is 3.40. The maximum absolute atomic E-state index is 11.2. The Balaban J connectivity index is 2.93. The largest absolute Gasteiger partial charge is 0.332 e. The van der Waals surface area contributed by atoms with Crippen molar-refractivity contribution < 1.29 is 4.79 Å². The summed E-state index contributed by atoms with van der Waals surface area (Å²) in [5.41, 5.74) is 5.39. The van der Waals surface area contributed by atoms with Crippen LogP contribution < -0.4 is 5.73 Å². The van der Waals surface area contributed by atoms with Crippen molar-refractivity contribution in [3.05, 3.63) is 18.2 Å². The second kappa shape index (κ2) is 2.84. The highest BCUT2D eigenvalue weighted by Crippen LogP contribution is 1.97. The molecule has 0 aliphatic rings. The van der Waals surface area contributed by atoms with Gasteiger partial charge in [-0.1, -0.05) is 0 Å². The highest BCUT2D eigenvalue weighted by molar-refractivity contribution is 5.96. The normalized spacial score (nSPS) is 13.0. The fourth-order valence-corrected chi connectivity index (χ4v) is 0.807. The van der Waals surface area contributed by atoms with Crippen molar-refractivity contribution in [2.45, 2.75) is 13.0 Å². The minimum atomic E-state index is -0.476. The first-order valence-electron chi connectivity index (χ1n) is 3.40. The van der Waals surface area contributed by atoms with Gasteiger partial charge in [0.1, 0.15) is 0 Å². The number of Topliss-reactive ketones (excluding diaryl/α,β-unsaturated/α-hetero) is 1. The summed E-state index contributed by atoms with van der Waals surface area (Å²) in [4.78, 5) is 15.1. The van der Waals surface area contributed by atoms with E-state index in [9.17, 15) is 4.79 Å². The predicted molar refractivity (Wildman–Crippen MR) is 41.2 cm³/mol. The Morgan fingerprint density at radius 3 is 2.82 bits per heavy atom. The molecule has 4 nitrogen and oxygen atoms in total. The van der Waals surface area contributed by atoms with Gasteiger partial charge < -0.3 is 10.3 Å². The standard InChI is InChI=1S/C7H11N3O/c1-5(8)6(11)7-9-3-4-10(7)2/h3-5H,8H2,1-2H3. The van der Waals surface area contributed by atoms with Gasteiger partial charge in [-0.05, 0) is 6.92 Å². The Morgan fingerprint density at radius 1 is 1.82 bits per heavy atom. The molecule has 1 aromatic heterocycles. The second-order valence-electron chi connectivity index (χ2n) is 2.51. The molecular weight excluding hydrogens is 142 g/mol. The molecule has 0 saturated heterocycles. The van der Waals surface area contributed by atoms with Crippen LogP contribution in [0.15, 0.2) is 12.4 Å². The van der Waals surface area contributed by atoms with Crippen LogP contribution in [0.4, 0.5) is 0 Å².